The lowest BCUT2D eigenvalue weighted by molar-refractivity contribution is -0.115. The minimum atomic E-state index is -0.409. The van der Waals surface area contributed by atoms with Gasteiger partial charge in [0.1, 0.15) is 11.6 Å². The van der Waals surface area contributed by atoms with Crippen molar-refractivity contribution >= 4 is 58.0 Å². The van der Waals surface area contributed by atoms with Crippen molar-refractivity contribution in [3.8, 4) is 11.3 Å². The number of piperazine rings is 1. The Morgan fingerprint density at radius 1 is 1.09 bits per heavy atom. The van der Waals surface area contributed by atoms with E-state index >= 15 is 4.39 Å². The second-order valence-corrected chi connectivity index (χ2v) is 9.35. The molecule has 1 aromatic heterocycles. The fourth-order valence-electron chi connectivity index (χ4n) is 4.36. The number of hydrogen-bond donors (Lipinski definition) is 1. The van der Waals surface area contributed by atoms with Gasteiger partial charge in [-0.1, -0.05) is 19.1 Å². The normalized spacial score (nSPS) is 17.7. The van der Waals surface area contributed by atoms with E-state index in [9.17, 15) is 9.59 Å². The summed E-state index contributed by atoms with van der Waals surface area (Å²) in [6.07, 6.45) is 1.66. The third kappa shape index (κ3) is 5.17. The molecule has 2 aliphatic heterocycles. The minimum absolute atomic E-state index is 0. The van der Waals surface area contributed by atoms with Gasteiger partial charge < -0.3 is 9.80 Å². The number of anilines is 1. The maximum absolute atomic E-state index is 15.2. The zero-order chi connectivity index (χ0) is 23.8. The molecular formula is C25H25ClFN5O2S. The van der Waals surface area contributed by atoms with Crippen LogP contribution in [0, 0.1) is 12.7 Å². The Morgan fingerprint density at radius 2 is 1.86 bits per heavy atom. The molecule has 2 aromatic carbocycles. The number of carbonyl (C=O) groups excluding carboxylic acids is 2. The summed E-state index contributed by atoms with van der Waals surface area (Å²) in [4.78, 5) is 37.3. The number of fused-ring (bicyclic) bond motifs is 1. The van der Waals surface area contributed by atoms with Crippen molar-refractivity contribution in [1.82, 2.24) is 20.2 Å². The molecule has 0 bridgehead atoms. The zero-order valence-electron chi connectivity index (χ0n) is 19.4. The monoisotopic (exact) mass is 513 g/mol. The summed E-state index contributed by atoms with van der Waals surface area (Å²) in [6.45, 7) is 8.40. The summed E-state index contributed by atoms with van der Waals surface area (Å²) in [5, 5.41) is 2.62. The predicted octanol–water partition coefficient (Wildman–Crippen LogP) is 4.63. The van der Waals surface area contributed by atoms with Gasteiger partial charge in [-0.05, 0) is 61.1 Å². The number of hydrogen-bond acceptors (Lipinski definition) is 7. The molecule has 0 saturated carbocycles. The smallest absolute Gasteiger partial charge is 0.290 e. The summed E-state index contributed by atoms with van der Waals surface area (Å²) in [5.41, 5.74) is 3.36. The fraction of sp³-hybridized carbons (Fsp3) is 0.280. The van der Waals surface area contributed by atoms with E-state index in [1.165, 1.54) is 6.07 Å². The predicted molar refractivity (Wildman–Crippen MR) is 140 cm³/mol. The van der Waals surface area contributed by atoms with E-state index in [0.29, 0.717) is 27.7 Å². The van der Waals surface area contributed by atoms with Crippen LogP contribution in [0.3, 0.4) is 0 Å². The second-order valence-electron chi connectivity index (χ2n) is 8.34. The first-order valence-electron chi connectivity index (χ1n) is 11.2. The van der Waals surface area contributed by atoms with Crippen molar-refractivity contribution in [2.24, 2.45) is 0 Å². The van der Waals surface area contributed by atoms with Crippen molar-refractivity contribution in [3.05, 3.63) is 58.5 Å². The Hall–Kier alpha value is -3.01. The average molecular weight is 514 g/mol. The van der Waals surface area contributed by atoms with Crippen LogP contribution in [-0.4, -0.2) is 58.7 Å². The number of thioether (sulfide) groups is 1. The molecule has 3 aromatic rings. The molecule has 0 aliphatic carbocycles. The summed E-state index contributed by atoms with van der Waals surface area (Å²) >= 11 is 0.868. The van der Waals surface area contributed by atoms with E-state index in [-0.39, 0.29) is 23.5 Å². The zero-order valence-corrected chi connectivity index (χ0v) is 21.0. The van der Waals surface area contributed by atoms with Gasteiger partial charge in [0.15, 0.2) is 0 Å². The molecule has 3 heterocycles. The SMILES string of the molecule is CCN1CCN(c2ccc(-c3nc(C)nc4ccc(C=C5SC(=O)NC5=O)cc34)cc2F)CC1.Cl. The van der Waals surface area contributed by atoms with Gasteiger partial charge in [-0.3, -0.25) is 14.9 Å². The Bertz CT molecular complexity index is 1340. The number of aryl methyl sites for hydroxylation is 1. The van der Waals surface area contributed by atoms with E-state index in [1.807, 2.05) is 37.3 Å². The molecular weight excluding hydrogens is 489 g/mol. The van der Waals surface area contributed by atoms with Gasteiger partial charge in [0.25, 0.3) is 11.1 Å². The largest absolute Gasteiger partial charge is 0.367 e. The van der Waals surface area contributed by atoms with E-state index in [2.05, 4.69) is 32.0 Å². The minimum Gasteiger partial charge on any atom is -0.367 e. The van der Waals surface area contributed by atoms with Gasteiger partial charge in [-0.15, -0.1) is 12.4 Å². The summed E-state index contributed by atoms with van der Waals surface area (Å²) in [7, 11) is 0. The average Bonchev–Trinajstić information content (AvgIpc) is 3.15. The number of imide groups is 1. The van der Waals surface area contributed by atoms with Crippen LogP contribution in [0.2, 0.25) is 0 Å². The highest BCUT2D eigenvalue weighted by molar-refractivity contribution is 8.18. The van der Waals surface area contributed by atoms with Crippen molar-refractivity contribution in [1.29, 1.82) is 0 Å². The highest BCUT2D eigenvalue weighted by Gasteiger charge is 2.25. The van der Waals surface area contributed by atoms with Crippen LogP contribution in [0.25, 0.3) is 28.2 Å². The number of carbonyl (C=O) groups is 2. The maximum Gasteiger partial charge on any atom is 0.290 e. The molecule has 2 aliphatic rings. The quantitative estimate of drug-likeness (QED) is 0.509. The first-order valence-corrected chi connectivity index (χ1v) is 12.0. The Kier molecular flexibility index (Phi) is 7.39. The lowest BCUT2D eigenvalue weighted by atomic mass is 10.0. The summed E-state index contributed by atoms with van der Waals surface area (Å²) < 4.78 is 15.2. The van der Waals surface area contributed by atoms with E-state index in [0.717, 1.165) is 61.0 Å². The number of likely N-dealkylation sites (N-methyl/N-ethyl adjacent to an activating group) is 1. The number of halogens is 2. The van der Waals surface area contributed by atoms with Crippen LogP contribution in [0.4, 0.5) is 14.9 Å². The third-order valence-electron chi connectivity index (χ3n) is 6.15. The molecule has 1 N–H and O–H groups in total. The molecule has 2 fully saturated rings. The van der Waals surface area contributed by atoms with Crippen LogP contribution >= 0.6 is 24.2 Å². The number of rotatable bonds is 4. The third-order valence-corrected chi connectivity index (χ3v) is 6.96. The van der Waals surface area contributed by atoms with E-state index < -0.39 is 5.91 Å². The fourth-order valence-corrected chi connectivity index (χ4v) is 5.04. The molecule has 2 amide bonds. The van der Waals surface area contributed by atoms with Gasteiger partial charge in [0.05, 0.1) is 21.8 Å². The van der Waals surface area contributed by atoms with Crippen LogP contribution in [-0.2, 0) is 4.79 Å². The molecule has 35 heavy (non-hydrogen) atoms. The van der Waals surface area contributed by atoms with Gasteiger partial charge in [-0.2, -0.15) is 0 Å². The topological polar surface area (TPSA) is 78.4 Å². The molecule has 182 valence electrons. The van der Waals surface area contributed by atoms with Gasteiger partial charge in [-0.25, -0.2) is 14.4 Å². The maximum atomic E-state index is 15.2. The van der Waals surface area contributed by atoms with Crippen LogP contribution < -0.4 is 10.2 Å². The highest BCUT2D eigenvalue weighted by atomic mass is 35.5. The Balaban J connectivity index is 0.00000289. The molecule has 0 radical (unpaired) electrons. The number of benzene rings is 2. The standard InChI is InChI=1S/C25H24FN5O2S.ClH/c1-3-30-8-10-31(11-9-30)21-7-5-17(14-19(21)26)23-18-12-16(4-6-20(18)27-15(2)28-23)13-22-24(32)29-25(33)34-22;/h4-7,12-14H,3,8-11H2,1-2H3,(H,29,32,33);1H. The van der Waals surface area contributed by atoms with Gasteiger partial charge in [0, 0.05) is 37.1 Å². The highest BCUT2D eigenvalue weighted by Crippen LogP contribution is 2.32. The van der Waals surface area contributed by atoms with Crippen LogP contribution in [0.5, 0.6) is 0 Å². The second kappa shape index (κ2) is 10.3. The first-order chi connectivity index (χ1) is 16.4. The number of aromatic nitrogens is 2. The molecule has 0 unspecified atom stereocenters. The van der Waals surface area contributed by atoms with Crippen molar-refractivity contribution in [3.63, 3.8) is 0 Å². The van der Waals surface area contributed by atoms with Gasteiger partial charge in [0.2, 0.25) is 0 Å². The molecule has 7 nitrogen and oxygen atoms in total. The summed E-state index contributed by atoms with van der Waals surface area (Å²) in [5.74, 6) is -0.0966. The van der Waals surface area contributed by atoms with Gasteiger partial charge >= 0.3 is 0 Å². The molecule has 2 saturated heterocycles. The molecule has 5 rings (SSSR count). The van der Waals surface area contributed by atoms with Crippen molar-refractivity contribution < 1.29 is 14.0 Å². The Labute approximate surface area is 213 Å². The number of amides is 2. The van der Waals surface area contributed by atoms with Crippen LogP contribution in [0.15, 0.2) is 41.3 Å². The van der Waals surface area contributed by atoms with Crippen molar-refractivity contribution in [2.75, 3.05) is 37.6 Å². The van der Waals surface area contributed by atoms with Crippen molar-refractivity contribution in [2.45, 2.75) is 13.8 Å². The molecule has 10 heteroatoms. The summed E-state index contributed by atoms with van der Waals surface area (Å²) in [6, 6.07) is 10.8. The number of nitrogens with zero attached hydrogens (tertiary/aromatic N) is 4. The lowest BCUT2D eigenvalue weighted by Crippen LogP contribution is -2.46. The number of nitrogens with one attached hydrogen (secondary N) is 1. The molecule has 0 atom stereocenters. The first kappa shape index (κ1) is 25.1. The van der Waals surface area contributed by atoms with E-state index in [4.69, 9.17) is 0 Å². The lowest BCUT2D eigenvalue weighted by Gasteiger charge is -2.35. The van der Waals surface area contributed by atoms with E-state index in [1.54, 1.807) is 6.08 Å². The van der Waals surface area contributed by atoms with Crippen LogP contribution in [0.1, 0.15) is 18.3 Å². The molecule has 0 spiro atoms. The Morgan fingerprint density at radius 3 is 2.51 bits per heavy atom.